The highest BCUT2D eigenvalue weighted by molar-refractivity contribution is 9.10. The molecule has 0 bridgehead atoms. The highest BCUT2D eigenvalue weighted by Gasteiger charge is 2.08. The fourth-order valence-corrected chi connectivity index (χ4v) is 2.29. The third kappa shape index (κ3) is 3.74. The predicted molar refractivity (Wildman–Crippen MR) is 87.1 cm³/mol. The summed E-state index contributed by atoms with van der Waals surface area (Å²) in [5.74, 6) is 0. The first kappa shape index (κ1) is 14.9. The summed E-state index contributed by atoms with van der Waals surface area (Å²) in [5, 5.41) is 14.2. The number of nitriles is 1. The van der Waals surface area contributed by atoms with E-state index in [1.54, 1.807) is 30.3 Å². The minimum atomic E-state index is -0.408. The number of nitrogen functional groups attached to an aromatic ring is 1. The molecular weight excluding hydrogens is 332 g/mol. The van der Waals surface area contributed by atoms with Crippen LogP contribution in [0, 0.1) is 18.3 Å². The zero-order valence-electron chi connectivity index (χ0n) is 11.3. The van der Waals surface area contributed by atoms with E-state index in [1.165, 1.54) is 0 Å². The number of hydrogen-bond acceptors (Lipinski definition) is 3. The summed E-state index contributed by atoms with van der Waals surface area (Å²) < 4.78 is 0.745. The first-order chi connectivity index (χ1) is 9.99. The van der Waals surface area contributed by atoms with Crippen molar-refractivity contribution in [3.05, 3.63) is 52.0 Å². The van der Waals surface area contributed by atoms with Crippen molar-refractivity contribution < 1.29 is 4.79 Å². The van der Waals surface area contributed by atoms with Crippen molar-refractivity contribution in [1.82, 2.24) is 0 Å². The molecule has 2 rings (SSSR count). The van der Waals surface area contributed by atoms with Gasteiger partial charge in [0.05, 0.1) is 17.3 Å². The second-order valence-corrected chi connectivity index (χ2v) is 5.31. The first-order valence-electron chi connectivity index (χ1n) is 6.13. The maximum atomic E-state index is 12.0. The van der Waals surface area contributed by atoms with Crippen molar-refractivity contribution in [2.24, 2.45) is 0 Å². The standard InChI is InChI=1S/C15H13BrN4O/c1-9-5-12(16)14(7-13(9)18)20-15(21)19-11-4-2-3-10(6-11)8-17/h2-7H,18H2,1H3,(H2,19,20,21). The second kappa shape index (κ2) is 6.29. The Morgan fingerprint density at radius 1 is 1.29 bits per heavy atom. The molecule has 0 saturated heterocycles. The number of benzene rings is 2. The van der Waals surface area contributed by atoms with Gasteiger partial charge < -0.3 is 16.4 Å². The average Bonchev–Trinajstić information content (AvgIpc) is 2.45. The van der Waals surface area contributed by atoms with Crippen molar-refractivity contribution in [1.29, 1.82) is 5.26 Å². The molecule has 0 aromatic heterocycles. The van der Waals surface area contributed by atoms with Crippen LogP contribution in [-0.2, 0) is 0 Å². The number of amides is 2. The van der Waals surface area contributed by atoms with Crippen molar-refractivity contribution in [3.8, 4) is 6.07 Å². The van der Waals surface area contributed by atoms with Gasteiger partial charge in [-0.05, 0) is 58.7 Å². The summed E-state index contributed by atoms with van der Waals surface area (Å²) in [7, 11) is 0. The summed E-state index contributed by atoms with van der Waals surface area (Å²) in [5.41, 5.74) is 8.95. The van der Waals surface area contributed by atoms with E-state index >= 15 is 0 Å². The van der Waals surface area contributed by atoms with Crippen LogP contribution in [0.15, 0.2) is 40.9 Å². The predicted octanol–water partition coefficient (Wildman–Crippen LogP) is 3.86. The molecule has 2 aromatic rings. The Kier molecular flexibility index (Phi) is 4.45. The highest BCUT2D eigenvalue weighted by atomic mass is 79.9. The van der Waals surface area contributed by atoms with E-state index in [0.29, 0.717) is 22.6 Å². The summed E-state index contributed by atoms with van der Waals surface area (Å²) >= 11 is 3.38. The molecule has 0 spiro atoms. The fourth-order valence-electron chi connectivity index (χ4n) is 1.74. The van der Waals surface area contributed by atoms with Crippen molar-refractivity contribution in [2.75, 3.05) is 16.4 Å². The molecule has 2 aromatic carbocycles. The smallest absolute Gasteiger partial charge is 0.323 e. The van der Waals surface area contributed by atoms with Crippen LogP contribution in [-0.4, -0.2) is 6.03 Å². The number of carbonyl (C=O) groups is 1. The van der Waals surface area contributed by atoms with Crippen LogP contribution >= 0.6 is 15.9 Å². The Balaban J connectivity index is 2.12. The normalized spacial score (nSPS) is 9.76. The number of carbonyl (C=O) groups excluding carboxylic acids is 1. The Bertz CT molecular complexity index is 737. The summed E-state index contributed by atoms with van der Waals surface area (Å²) in [6.45, 7) is 1.89. The Morgan fingerprint density at radius 3 is 2.76 bits per heavy atom. The summed E-state index contributed by atoms with van der Waals surface area (Å²) in [6, 6.07) is 11.8. The summed E-state index contributed by atoms with van der Waals surface area (Å²) in [4.78, 5) is 12.0. The monoisotopic (exact) mass is 344 g/mol. The van der Waals surface area contributed by atoms with Crippen molar-refractivity contribution in [2.45, 2.75) is 6.92 Å². The van der Waals surface area contributed by atoms with Gasteiger partial charge in [-0.2, -0.15) is 5.26 Å². The van der Waals surface area contributed by atoms with E-state index < -0.39 is 6.03 Å². The Labute approximate surface area is 130 Å². The molecule has 0 heterocycles. The molecule has 0 unspecified atom stereocenters. The molecule has 0 saturated carbocycles. The third-order valence-electron chi connectivity index (χ3n) is 2.85. The molecule has 0 radical (unpaired) electrons. The van der Waals surface area contributed by atoms with E-state index in [1.807, 2.05) is 19.1 Å². The Hall–Kier alpha value is -2.52. The van der Waals surface area contributed by atoms with Crippen LogP contribution in [0.1, 0.15) is 11.1 Å². The first-order valence-corrected chi connectivity index (χ1v) is 6.92. The molecular formula is C15H13BrN4O. The number of anilines is 3. The van der Waals surface area contributed by atoms with Crippen molar-refractivity contribution in [3.63, 3.8) is 0 Å². The second-order valence-electron chi connectivity index (χ2n) is 4.46. The molecule has 0 aliphatic rings. The SMILES string of the molecule is Cc1cc(Br)c(NC(=O)Nc2cccc(C#N)c2)cc1N. The highest BCUT2D eigenvalue weighted by Crippen LogP contribution is 2.27. The molecule has 4 N–H and O–H groups in total. The van der Waals surface area contributed by atoms with Gasteiger partial charge in [-0.3, -0.25) is 0 Å². The topological polar surface area (TPSA) is 90.9 Å². The number of nitrogens with one attached hydrogen (secondary N) is 2. The minimum absolute atomic E-state index is 0.408. The lowest BCUT2D eigenvalue weighted by atomic mass is 10.2. The van der Waals surface area contributed by atoms with Gasteiger partial charge in [0, 0.05) is 15.8 Å². The average molecular weight is 345 g/mol. The molecule has 0 fully saturated rings. The van der Waals surface area contributed by atoms with Crippen LogP contribution in [0.4, 0.5) is 21.9 Å². The van der Waals surface area contributed by atoms with Gasteiger partial charge >= 0.3 is 6.03 Å². The van der Waals surface area contributed by atoms with E-state index in [2.05, 4.69) is 26.6 Å². The van der Waals surface area contributed by atoms with Crippen LogP contribution in [0.25, 0.3) is 0 Å². The largest absolute Gasteiger partial charge is 0.398 e. The van der Waals surface area contributed by atoms with E-state index in [4.69, 9.17) is 11.0 Å². The van der Waals surface area contributed by atoms with E-state index in [0.717, 1.165) is 10.0 Å². The number of halogens is 1. The molecule has 0 aliphatic carbocycles. The zero-order chi connectivity index (χ0) is 15.4. The molecule has 0 aliphatic heterocycles. The molecule has 2 amide bonds. The van der Waals surface area contributed by atoms with Gasteiger partial charge in [0.1, 0.15) is 0 Å². The lowest BCUT2D eigenvalue weighted by Gasteiger charge is -2.11. The minimum Gasteiger partial charge on any atom is -0.398 e. The number of nitrogens with zero attached hydrogens (tertiary/aromatic N) is 1. The lowest BCUT2D eigenvalue weighted by Crippen LogP contribution is -2.19. The molecule has 106 valence electrons. The maximum Gasteiger partial charge on any atom is 0.323 e. The van der Waals surface area contributed by atoms with Gasteiger partial charge in [-0.15, -0.1) is 0 Å². The van der Waals surface area contributed by atoms with E-state index in [9.17, 15) is 4.79 Å². The van der Waals surface area contributed by atoms with Gasteiger partial charge in [0.25, 0.3) is 0 Å². The number of nitrogens with two attached hydrogens (primary N) is 1. The number of hydrogen-bond donors (Lipinski definition) is 3. The lowest BCUT2D eigenvalue weighted by molar-refractivity contribution is 0.262. The molecule has 5 nitrogen and oxygen atoms in total. The van der Waals surface area contributed by atoms with Crippen molar-refractivity contribution >= 4 is 39.0 Å². The fraction of sp³-hybridized carbons (Fsp3) is 0.0667. The Morgan fingerprint density at radius 2 is 2.05 bits per heavy atom. The number of urea groups is 1. The third-order valence-corrected chi connectivity index (χ3v) is 3.51. The van der Waals surface area contributed by atoms with Crippen LogP contribution in [0.2, 0.25) is 0 Å². The molecule has 6 heteroatoms. The van der Waals surface area contributed by atoms with Gasteiger partial charge in [0.15, 0.2) is 0 Å². The maximum absolute atomic E-state index is 12.0. The number of aryl methyl sites for hydroxylation is 1. The van der Waals surface area contributed by atoms with E-state index in [-0.39, 0.29) is 0 Å². The molecule has 21 heavy (non-hydrogen) atoms. The van der Waals surface area contributed by atoms with Gasteiger partial charge in [-0.25, -0.2) is 4.79 Å². The van der Waals surface area contributed by atoms with Gasteiger partial charge in [0.2, 0.25) is 0 Å². The summed E-state index contributed by atoms with van der Waals surface area (Å²) in [6.07, 6.45) is 0. The van der Waals surface area contributed by atoms with Crippen LogP contribution < -0.4 is 16.4 Å². The van der Waals surface area contributed by atoms with Gasteiger partial charge in [-0.1, -0.05) is 6.07 Å². The zero-order valence-corrected chi connectivity index (χ0v) is 12.9. The molecule has 0 atom stereocenters. The van der Waals surface area contributed by atoms with Crippen LogP contribution in [0.5, 0.6) is 0 Å². The number of rotatable bonds is 2. The van der Waals surface area contributed by atoms with Crippen LogP contribution in [0.3, 0.4) is 0 Å². The quantitative estimate of drug-likeness (QED) is 0.722.